The van der Waals surface area contributed by atoms with E-state index in [4.69, 9.17) is 16.0 Å². The van der Waals surface area contributed by atoms with E-state index in [0.717, 1.165) is 6.42 Å². The first kappa shape index (κ1) is 12.1. The number of rotatable bonds is 3. The maximum atomic E-state index is 11.6. The summed E-state index contributed by atoms with van der Waals surface area (Å²) < 4.78 is 4.84. The Morgan fingerprint density at radius 3 is 2.67 bits per heavy atom. The number of halogens is 1. The van der Waals surface area contributed by atoms with E-state index in [1.807, 2.05) is 0 Å². The lowest BCUT2D eigenvalue weighted by Gasteiger charge is -2.17. The summed E-state index contributed by atoms with van der Waals surface area (Å²) >= 11 is 5.68. The highest BCUT2D eigenvalue weighted by molar-refractivity contribution is 6.32. The standard InChI is InChI=1S/C11H16ClNO2/c1-11(2,3)5-6-13-10(14)8-4-7-15-9(8)12/h4,7H,5-6H2,1-3H3,(H,13,14). The minimum absolute atomic E-state index is 0.142. The summed E-state index contributed by atoms with van der Waals surface area (Å²) in [6.07, 6.45) is 2.33. The fourth-order valence-electron chi connectivity index (χ4n) is 1.10. The van der Waals surface area contributed by atoms with Gasteiger partial charge in [-0.1, -0.05) is 20.8 Å². The molecular weight excluding hydrogens is 214 g/mol. The van der Waals surface area contributed by atoms with Crippen molar-refractivity contribution in [2.45, 2.75) is 27.2 Å². The van der Waals surface area contributed by atoms with Gasteiger partial charge in [0.1, 0.15) is 0 Å². The maximum absolute atomic E-state index is 11.6. The van der Waals surface area contributed by atoms with Crippen LogP contribution in [-0.2, 0) is 0 Å². The number of nitrogens with one attached hydrogen (secondary N) is 1. The summed E-state index contributed by atoms with van der Waals surface area (Å²) in [6, 6.07) is 1.56. The van der Waals surface area contributed by atoms with Crippen LogP contribution in [0.5, 0.6) is 0 Å². The summed E-state index contributed by atoms with van der Waals surface area (Å²) in [5.74, 6) is -0.182. The van der Waals surface area contributed by atoms with Gasteiger partial charge in [0.15, 0.2) is 0 Å². The van der Waals surface area contributed by atoms with E-state index in [2.05, 4.69) is 26.1 Å². The first-order chi connectivity index (χ1) is 6.90. The Bertz CT molecular complexity index is 339. The number of amides is 1. The van der Waals surface area contributed by atoms with Gasteiger partial charge in [-0.05, 0) is 29.5 Å². The molecule has 3 nitrogen and oxygen atoms in total. The van der Waals surface area contributed by atoms with Gasteiger partial charge >= 0.3 is 0 Å². The third-order valence-corrected chi connectivity index (χ3v) is 2.32. The molecule has 1 N–H and O–H groups in total. The summed E-state index contributed by atoms with van der Waals surface area (Å²) in [5, 5.41) is 2.94. The van der Waals surface area contributed by atoms with Gasteiger partial charge in [0.05, 0.1) is 11.8 Å². The van der Waals surface area contributed by atoms with Crippen LogP contribution < -0.4 is 5.32 Å². The Morgan fingerprint density at radius 2 is 2.20 bits per heavy atom. The second-order valence-corrected chi connectivity index (χ2v) is 5.02. The summed E-state index contributed by atoms with van der Waals surface area (Å²) in [7, 11) is 0. The molecule has 0 spiro atoms. The lowest BCUT2D eigenvalue weighted by Crippen LogP contribution is -2.27. The van der Waals surface area contributed by atoms with Crippen LogP contribution in [0.15, 0.2) is 16.7 Å². The zero-order valence-corrected chi connectivity index (χ0v) is 10.0. The smallest absolute Gasteiger partial charge is 0.256 e. The van der Waals surface area contributed by atoms with Gasteiger partial charge in [0.2, 0.25) is 5.22 Å². The van der Waals surface area contributed by atoms with Gasteiger partial charge < -0.3 is 9.73 Å². The van der Waals surface area contributed by atoms with Crippen molar-refractivity contribution in [3.05, 3.63) is 23.1 Å². The van der Waals surface area contributed by atoms with E-state index in [1.54, 1.807) is 6.07 Å². The van der Waals surface area contributed by atoms with Crippen LogP contribution in [0.4, 0.5) is 0 Å². The first-order valence-corrected chi connectivity index (χ1v) is 5.29. The third-order valence-electron chi connectivity index (χ3n) is 2.02. The van der Waals surface area contributed by atoms with E-state index in [9.17, 15) is 4.79 Å². The Labute approximate surface area is 94.8 Å². The van der Waals surface area contributed by atoms with Crippen LogP contribution in [-0.4, -0.2) is 12.5 Å². The number of carbonyl (C=O) groups is 1. The molecule has 1 rings (SSSR count). The van der Waals surface area contributed by atoms with E-state index in [1.165, 1.54) is 6.26 Å². The molecule has 0 aromatic carbocycles. The van der Waals surface area contributed by atoms with Crippen LogP contribution in [0.3, 0.4) is 0 Å². The van der Waals surface area contributed by atoms with Gasteiger partial charge in [-0.15, -0.1) is 0 Å². The maximum Gasteiger partial charge on any atom is 0.256 e. The number of furan rings is 1. The van der Waals surface area contributed by atoms with Crippen LogP contribution in [0.2, 0.25) is 5.22 Å². The second kappa shape index (κ2) is 4.71. The summed E-state index contributed by atoms with van der Waals surface area (Å²) in [6.45, 7) is 7.03. The SMILES string of the molecule is CC(C)(C)CCNC(=O)c1ccoc1Cl. The average molecular weight is 230 g/mol. The van der Waals surface area contributed by atoms with Crippen LogP contribution in [0.1, 0.15) is 37.6 Å². The van der Waals surface area contributed by atoms with Crippen molar-refractivity contribution in [2.75, 3.05) is 6.54 Å². The Hall–Kier alpha value is -0.960. The molecule has 0 saturated heterocycles. The van der Waals surface area contributed by atoms with Gasteiger partial charge in [-0.25, -0.2) is 0 Å². The molecule has 0 bridgehead atoms. The van der Waals surface area contributed by atoms with Crippen molar-refractivity contribution in [2.24, 2.45) is 5.41 Å². The molecule has 0 radical (unpaired) electrons. The van der Waals surface area contributed by atoms with E-state index in [-0.39, 0.29) is 16.5 Å². The largest absolute Gasteiger partial charge is 0.452 e. The van der Waals surface area contributed by atoms with E-state index >= 15 is 0 Å². The van der Waals surface area contributed by atoms with Gasteiger partial charge in [0, 0.05) is 6.54 Å². The predicted molar refractivity (Wildman–Crippen MR) is 60.1 cm³/mol. The molecule has 0 aliphatic heterocycles. The van der Waals surface area contributed by atoms with Crippen molar-refractivity contribution in [1.82, 2.24) is 5.32 Å². The van der Waals surface area contributed by atoms with Crippen molar-refractivity contribution < 1.29 is 9.21 Å². The van der Waals surface area contributed by atoms with Gasteiger partial charge in [0.25, 0.3) is 5.91 Å². The molecule has 0 unspecified atom stereocenters. The molecular formula is C11H16ClNO2. The molecule has 15 heavy (non-hydrogen) atoms. The lowest BCUT2D eigenvalue weighted by molar-refractivity contribution is 0.0949. The van der Waals surface area contributed by atoms with Crippen molar-refractivity contribution in [3.63, 3.8) is 0 Å². The van der Waals surface area contributed by atoms with Crippen molar-refractivity contribution >= 4 is 17.5 Å². The quantitative estimate of drug-likeness (QED) is 0.866. The minimum Gasteiger partial charge on any atom is -0.452 e. The Morgan fingerprint density at radius 1 is 1.53 bits per heavy atom. The molecule has 0 fully saturated rings. The zero-order valence-electron chi connectivity index (χ0n) is 9.26. The molecule has 1 amide bonds. The first-order valence-electron chi connectivity index (χ1n) is 4.91. The molecule has 0 saturated carbocycles. The van der Waals surface area contributed by atoms with E-state index < -0.39 is 0 Å². The molecule has 0 aliphatic rings. The van der Waals surface area contributed by atoms with Gasteiger partial charge in [-0.2, -0.15) is 0 Å². The highest BCUT2D eigenvalue weighted by Gasteiger charge is 2.14. The Kier molecular flexibility index (Phi) is 3.80. The van der Waals surface area contributed by atoms with Crippen LogP contribution in [0.25, 0.3) is 0 Å². The van der Waals surface area contributed by atoms with Gasteiger partial charge in [-0.3, -0.25) is 4.79 Å². The highest BCUT2D eigenvalue weighted by Crippen LogP contribution is 2.18. The monoisotopic (exact) mass is 229 g/mol. The minimum atomic E-state index is -0.182. The highest BCUT2D eigenvalue weighted by atomic mass is 35.5. The van der Waals surface area contributed by atoms with Crippen molar-refractivity contribution in [3.8, 4) is 0 Å². The fraction of sp³-hybridized carbons (Fsp3) is 0.545. The molecule has 0 aliphatic carbocycles. The molecule has 1 aromatic heterocycles. The number of hydrogen-bond acceptors (Lipinski definition) is 2. The van der Waals surface area contributed by atoms with Crippen LogP contribution in [0, 0.1) is 5.41 Å². The molecule has 0 atom stereocenters. The number of hydrogen-bond donors (Lipinski definition) is 1. The predicted octanol–water partition coefficient (Wildman–Crippen LogP) is 3.10. The molecule has 4 heteroatoms. The van der Waals surface area contributed by atoms with E-state index in [0.29, 0.717) is 12.1 Å². The third kappa shape index (κ3) is 3.96. The Balaban J connectivity index is 2.41. The number of carbonyl (C=O) groups excluding carboxylic acids is 1. The van der Waals surface area contributed by atoms with Crippen molar-refractivity contribution in [1.29, 1.82) is 0 Å². The average Bonchev–Trinajstić information content (AvgIpc) is 2.48. The summed E-state index contributed by atoms with van der Waals surface area (Å²) in [4.78, 5) is 11.6. The molecule has 1 aromatic rings. The molecule has 1 heterocycles. The topological polar surface area (TPSA) is 42.2 Å². The van der Waals surface area contributed by atoms with Crippen LogP contribution >= 0.6 is 11.6 Å². The fourth-order valence-corrected chi connectivity index (χ4v) is 1.30. The second-order valence-electron chi connectivity index (χ2n) is 4.67. The normalized spacial score (nSPS) is 11.5. The zero-order chi connectivity index (χ0) is 11.5. The molecule has 84 valence electrons. The summed E-state index contributed by atoms with van der Waals surface area (Å²) in [5.41, 5.74) is 0.610. The lowest BCUT2D eigenvalue weighted by atomic mass is 9.92.